The number of thiophene rings is 1. The molecule has 0 unspecified atom stereocenters. The van der Waals surface area contributed by atoms with Crippen molar-refractivity contribution >= 4 is 38.0 Å². The van der Waals surface area contributed by atoms with Crippen LogP contribution < -0.4 is 0 Å². The summed E-state index contributed by atoms with van der Waals surface area (Å²) in [5.41, 5.74) is 2.93. The summed E-state index contributed by atoms with van der Waals surface area (Å²) in [6, 6.07) is 12.7. The van der Waals surface area contributed by atoms with Crippen LogP contribution in [-0.4, -0.2) is 26.1 Å². The number of ether oxygens (including phenoxy) is 1. The van der Waals surface area contributed by atoms with Crippen LogP contribution in [0.15, 0.2) is 63.7 Å². The molecule has 2 heterocycles. The van der Waals surface area contributed by atoms with E-state index in [0.717, 1.165) is 11.3 Å². The van der Waals surface area contributed by atoms with Crippen molar-refractivity contribution in [3.05, 3.63) is 81.4 Å². The van der Waals surface area contributed by atoms with Crippen molar-refractivity contribution in [2.24, 2.45) is 0 Å². The third kappa shape index (κ3) is 3.84. The summed E-state index contributed by atoms with van der Waals surface area (Å²) in [6.45, 7) is 3.62. The third-order valence-corrected chi connectivity index (χ3v) is 8.81. The molecule has 32 heavy (non-hydrogen) atoms. The van der Waals surface area contributed by atoms with Crippen molar-refractivity contribution in [1.82, 2.24) is 4.57 Å². The number of rotatable bonds is 6. The van der Waals surface area contributed by atoms with Gasteiger partial charge in [-0.3, -0.25) is 4.79 Å². The first-order valence-electron chi connectivity index (χ1n) is 9.95. The van der Waals surface area contributed by atoms with E-state index in [4.69, 9.17) is 4.74 Å². The van der Waals surface area contributed by atoms with E-state index >= 15 is 0 Å². The normalized spacial score (nSPS) is 11.8. The topological polar surface area (TPSA) is 65.4 Å². The van der Waals surface area contributed by atoms with Gasteiger partial charge in [-0.1, -0.05) is 18.2 Å². The van der Waals surface area contributed by atoms with Crippen molar-refractivity contribution in [3.63, 3.8) is 0 Å². The van der Waals surface area contributed by atoms with E-state index in [2.05, 4.69) is 0 Å². The quantitative estimate of drug-likeness (QED) is 0.369. The second-order valence-corrected chi connectivity index (χ2v) is 10.4. The van der Waals surface area contributed by atoms with Crippen molar-refractivity contribution in [2.45, 2.75) is 36.6 Å². The predicted octanol–water partition coefficient (Wildman–Crippen LogP) is 5.06. The van der Waals surface area contributed by atoms with Crippen molar-refractivity contribution in [1.29, 1.82) is 0 Å². The minimum Gasteiger partial charge on any atom is -0.468 e. The highest BCUT2D eigenvalue weighted by atomic mass is 32.2. The van der Waals surface area contributed by atoms with Crippen LogP contribution in [0, 0.1) is 19.7 Å². The SMILES string of the molecule is COC(=O)Cn1c(C)c(Cc2scc(C)c2S(=O)(=O)c2ccccc2)c2cc(F)ccc21. The van der Waals surface area contributed by atoms with Crippen molar-refractivity contribution in [3.8, 4) is 0 Å². The maximum atomic E-state index is 14.1. The van der Waals surface area contributed by atoms with Crippen LogP contribution in [0.1, 0.15) is 21.7 Å². The van der Waals surface area contributed by atoms with Crippen molar-refractivity contribution in [2.75, 3.05) is 7.11 Å². The number of carbonyl (C=O) groups is 1. The molecule has 0 amide bonds. The van der Waals surface area contributed by atoms with Gasteiger partial charge in [0.1, 0.15) is 12.4 Å². The first kappa shape index (κ1) is 22.2. The Kier molecular flexibility index (Phi) is 5.92. The number of aryl methyl sites for hydroxylation is 1. The first-order valence-corrected chi connectivity index (χ1v) is 12.3. The van der Waals surface area contributed by atoms with E-state index in [9.17, 15) is 17.6 Å². The monoisotopic (exact) mass is 471 g/mol. The van der Waals surface area contributed by atoms with Gasteiger partial charge in [0.2, 0.25) is 9.84 Å². The number of methoxy groups -OCH3 is 1. The summed E-state index contributed by atoms with van der Waals surface area (Å²) in [7, 11) is -2.39. The molecule has 8 heteroatoms. The summed E-state index contributed by atoms with van der Waals surface area (Å²) >= 11 is 1.37. The number of benzene rings is 2. The molecule has 0 bridgehead atoms. The summed E-state index contributed by atoms with van der Waals surface area (Å²) in [6.07, 6.45) is 0.305. The Morgan fingerprint density at radius 2 is 1.84 bits per heavy atom. The summed E-state index contributed by atoms with van der Waals surface area (Å²) in [5.74, 6) is -0.811. The molecule has 0 saturated heterocycles. The fourth-order valence-corrected chi connectivity index (χ4v) is 7.08. The fourth-order valence-electron chi connectivity index (χ4n) is 3.99. The molecule has 0 N–H and O–H groups in total. The summed E-state index contributed by atoms with van der Waals surface area (Å²) < 4.78 is 47.5. The average Bonchev–Trinajstić information content (AvgIpc) is 3.27. The van der Waals surface area contributed by atoms with E-state index in [0.29, 0.717) is 32.7 Å². The molecular formula is C24H22FNO4S2. The molecular weight excluding hydrogens is 449 g/mol. The summed E-state index contributed by atoms with van der Waals surface area (Å²) in [5, 5.41) is 2.48. The fraction of sp³-hybridized carbons (Fsp3) is 0.208. The molecule has 0 fully saturated rings. The van der Waals surface area contributed by atoms with Crippen molar-refractivity contribution < 1.29 is 22.3 Å². The Bertz CT molecular complexity index is 1420. The molecule has 5 nitrogen and oxygen atoms in total. The highest BCUT2D eigenvalue weighted by molar-refractivity contribution is 7.91. The standard InChI is InChI=1S/C24H22FNO4S2/c1-15-14-31-22(24(15)32(28,29)18-7-5-4-6-8-18)12-19-16(2)26(13-23(27)30-3)21-10-9-17(25)11-20(19)21/h4-11,14H,12-13H2,1-3H3. The van der Waals surface area contributed by atoms with Crippen LogP contribution in [0.5, 0.6) is 0 Å². The number of carbonyl (C=O) groups excluding carboxylic acids is 1. The van der Waals surface area contributed by atoms with Gasteiger partial charge in [0.15, 0.2) is 0 Å². The van der Waals surface area contributed by atoms with Crippen LogP contribution in [-0.2, 0) is 32.3 Å². The highest BCUT2D eigenvalue weighted by Gasteiger charge is 2.27. The predicted molar refractivity (Wildman–Crippen MR) is 122 cm³/mol. The van der Waals surface area contributed by atoms with Crippen LogP contribution in [0.2, 0.25) is 0 Å². The highest BCUT2D eigenvalue weighted by Crippen LogP contribution is 2.36. The second-order valence-electron chi connectivity index (χ2n) is 7.55. The molecule has 0 spiro atoms. The van der Waals surface area contributed by atoms with Crippen LogP contribution in [0.3, 0.4) is 0 Å². The van der Waals surface area contributed by atoms with Crippen LogP contribution in [0.25, 0.3) is 10.9 Å². The molecule has 0 saturated carbocycles. The molecule has 0 aliphatic rings. The van der Waals surface area contributed by atoms with Gasteiger partial charge < -0.3 is 9.30 Å². The van der Waals surface area contributed by atoms with E-state index in [1.807, 2.05) is 12.3 Å². The number of aromatic nitrogens is 1. The minimum absolute atomic E-state index is 0.0108. The largest absolute Gasteiger partial charge is 0.468 e. The zero-order chi connectivity index (χ0) is 23.0. The number of sulfone groups is 1. The number of halogens is 1. The van der Waals surface area contributed by atoms with Crippen LogP contribution in [0.4, 0.5) is 4.39 Å². The first-order chi connectivity index (χ1) is 15.2. The summed E-state index contributed by atoms with van der Waals surface area (Å²) in [4.78, 5) is 13.2. The van der Waals surface area contributed by atoms with Gasteiger partial charge in [0.25, 0.3) is 0 Å². The van der Waals surface area contributed by atoms with E-state index in [1.165, 1.54) is 30.6 Å². The molecule has 2 aromatic heterocycles. The number of nitrogens with zero attached hydrogens (tertiary/aromatic N) is 1. The maximum absolute atomic E-state index is 14.1. The number of fused-ring (bicyclic) bond motifs is 1. The molecule has 0 radical (unpaired) electrons. The molecule has 0 aliphatic carbocycles. The van der Waals surface area contributed by atoms with Gasteiger partial charge in [-0.15, -0.1) is 11.3 Å². The van der Waals surface area contributed by atoms with E-state index in [1.54, 1.807) is 47.9 Å². The minimum atomic E-state index is -3.71. The molecule has 0 aliphatic heterocycles. The number of hydrogen-bond donors (Lipinski definition) is 0. The second kappa shape index (κ2) is 8.52. The third-order valence-electron chi connectivity index (χ3n) is 5.58. The van der Waals surface area contributed by atoms with Gasteiger partial charge in [-0.05, 0) is 60.7 Å². The molecule has 166 valence electrons. The number of hydrogen-bond acceptors (Lipinski definition) is 5. The average molecular weight is 472 g/mol. The Hall–Kier alpha value is -2.97. The Balaban J connectivity index is 1.86. The lowest BCUT2D eigenvalue weighted by Gasteiger charge is -2.09. The van der Waals surface area contributed by atoms with Gasteiger partial charge >= 0.3 is 5.97 Å². The zero-order valence-electron chi connectivity index (χ0n) is 17.9. The van der Waals surface area contributed by atoms with Gasteiger partial charge in [0.05, 0.1) is 16.9 Å². The maximum Gasteiger partial charge on any atom is 0.325 e. The van der Waals surface area contributed by atoms with Gasteiger partial charge in [-0.2, -0.15) is 0 Å². The molecule has 2 aromatic carbocycles. The lowest BCUT2D eigenvalue weighted by Crippen LogP contribution is -2.12. The van der Waals surface area contributed by atoms with E-state index < -0.39 is 21.6 Å². The Morgan fingerprint density at radius 1 is 1.12 bits per heavy atom. The lowest BCUT2D eigenvalue weighted by molar-refractivity contribution is -0.141. The van der Waals surface area contributed by atoms with E-state index in [-0.39, 0.29) is 11.4 Å². The molecule has 0 atom stereocenters. The number of esters is 1. The van der Waals surface area contributed by atoms with Gasteiger partial charge in [-0.25, -0.2) is 12.8 Å². The van der Waals surface area contributed by atoms with Crippen LogP contribution >= 0.6 is 11.3 Å². The molecule has 4 rings (SSSR count). The Morgan fingerprint density at radius 3 is 2.53 bits per heavy atom. The van der Waals surface area contributed by atoms with Gasteiger partial charge in [0, 0.05) is 27.9 Å². The smallest absolute Gasteiger partial charge is 0.325 e. The Labute approximate surface area is 190 Å². The zero-order valence-corrected chi connectivity index (χ0v) is 19.5. The lowest BCUT2D eigenvalue weighted by atomic mass is 10.1. The molecule has 4 aromatic rings.